The van der Waals surface area contributed by atoms with Crippen molar-refractivity contribution in [2.75, 3.05) is 7.05 Å². The van der Waals surface area contributed by atoms with Gasteiger partial charge < -0.3 is 14.4 Å². The molecule has 1 atom stereocenters. The molecule has 0 saturated heterocycles. The van der Waals surface area contributed by atoms with Crippen molar-refractivity contribution in [3.05, 3.63) is 35.2 Å². The number of aromatic nitrogens is 3. The van der Waals surface area contributed by atoms with E-state index in [1.54, 1.807) is 0 Å². The summed E-state index contributed by atoms with van der Waals surface area (Å²) in [6, 6.07) is 0.470. The first-order valence-electron chi connectivity index (χ1n) is 7.85. The highest BCUT2D eigenvalue weighted by molar-refractivity contribution is 5.29. The summed E-state index contributed by atoms with van der Waals surface area (Å²) in [5, 5.41) is 7.46. The summed E-state index contributed by atoms with van der Waals surface area (Å²) in [6.45, 7) is 4.80. The molecule has 0 radical (unpaired) electrons. The predicted octanol–water partition coefficient (Wildman–Crippen LogP) is 3.03. The Morgan fingerprint density at radius 3 is 2.95 bits per heavy atom. The van der Waals surface area contributed by atoms with Crippen LogP contribution in [-0.2, 0) is 13.0 Å². The Kier molecular flexibility index (Phi) is 4.10. The van der Waals surface area contributed by atoms with Gasteiger partial charge in [0.25, 0.3) is 0 Å². The molecule has 1 N–H and O–H groups in total. The third kappa shape index (κ3) is 3.02. The minimum Gasteiger partial charge on any atom is -0.344 e. The zero-order valence-corrected chi connectivity index (χ0v) is 13.1. The molecule has 2 aromatic heterocycles. The van der Waals surface area contributed by atoms with E-state index in [-0.39, 0.29) is 0 Å². The summed E-state index contributed by atoms with van der Waals surface area (Å²) in [5.41, 5.74) is 2.88. The molecule has 0 aromatic carbocycles. The van der Waals surface area contributed by atoms with Gasteiger partial charge in [0.15, 0.2) is 5.82 Å². The molecule has 1 aliphatic carbocycles. The van der Waals surface area contributed by atoms with E-state index in [1.165, 1.54) is 36.8 Å². The lowest BCUT2D eigenvalue weighted by Gasteiger charge is -2.13. The summed E-state index contributed by atoms with van der Waals surface area (Å²) in [4.78, 5) is 4.45. The molecular weight excluding hydrogens is 264 g/mol. The number of nitrogens with zero attached hydrogens (tertiary/aromatic N) is 3. The average Bonchev–Trinajstić information content (AvgIpc) is 3.03. The fourth-order valence-electron chi connectivity index (χ4n) is 3.03. The first kappa shape index (κ1) is 14.3. The van der Waals surface area contributed by atoms with E-state index >= 15 is 0 Å². The van der Waals surface area contributed by atoms with Crippen LogP contribution in [0.5, 0.6) is 0 Å². The molecule has 5 heteroatoms. The van der Waals surface area contributed by atoms with E-state index in [2.05, 4.69) is 46.3 Å². The lowest BCUT2D eigenvalue weighted by atomic mass is 10.1. The number of hydrogen-bond acceptors (Lipinski definition) is 4. The molecular formula is C16H24N4O. The van der Waals surface area contributed by atoms with Crippen LogP contribution in [0.1, 0.15) is 67.9 Å². The van der Waals surface area contributed by atoms with Crippen molar-refractivity contribution in [3.63, 3.8) is 0 Å². The first-order valence-corrected chi connectivity index (χ1v) is 7.85. The minimum atomic E-state index is 0.303. The van der Waals surface area contributed by atoms with Crippen LogP contribution in [0.2, 0.25) is 0 Å². The second-order valence-corrected chi connectivity index (χ2v) is 6.20. The van der Waals surface area contributed by atoms with Gasteiger partial charge in [-0.05, 0) is 37.4 Å². The second kappa shape index (κ2) is 6.02. The fraction of sp³-hybridized carbons (Fsp3) is 0.625. The van der Waals surface area contributed by atoms with E-state index in [1.807, 2.05) is 7.05 Å². The SMILES string of the molecule is CNC1CCCCc2cn(Cc3nc(C(C)C)no3)cc21. The van der Waals surface area contributed by atoms with Gasteiger partial charge in [0, 0.05) is 24.4 Å². The average molecular weight is 288 g/mol. The van der Waals surface area contributed by atoms with Crippen LogP contribution in [0.3, 0.4) is 0 Å². The summed E-state index contributed by atoms with van der Waals surface area (Å²) in [7, 11) is 2.05. The fourth-order valence-corrected chi connectivity index (χ4v) is 3.03. The van der Waals surface area contributed by atoms with E-state index < -0.39 is 0 Å². The van der Waals surface area contributed by atoms with E-state index in [4.69, 9.17) is 4.52 Å². The third-order valence-electron chi connectivity index (χ3n) is 4.23. The van der Waals surface area contributed by atoms with E-state index in [9.17, 15) is 0 Å². The van der Waals surface area contributed by atoms with E-state index in [0.29, 0.717) is 24.4 Å². The zero-order chi connectivity index (χ0) is 14.8. The number of rotatable bonds is 4. The lowest BCUT2D eigenvalue weighted by molar-refractivity contribution is 0.364. The van der Waals surface area contributed by atoms with Gasteiger partial charge in [0.05, 0.1) is 0 Å². The van der Waals surface area contributed by atoms with Gasteiger partial charge in [-0.3, -0.25) is 0 Å². The van der Waals surface area contributed by atoms with Crippen LogP contribution in [0.15, 0.2) is 16.9 Å². The molecule has 0 aliphatic heterocycles. The largest absolute Gasteiger partial charge is 0.344 e. The highest BCUT2D eigenvalue weighted by Crippen LogP contribution is 2.29. The molecule has 0 saturated carbocycles. The molecule has 1 unspecified atom stereocenters. The molecule has 21 heavy (non-hydrogen) atoms. The van der Waals surface area contributed by atoms with Crippen molar-refractivity contribution in [2.24, 2.45) is 0 Å². The lowest BCUT2D eigenvalue weighted by Crippen LogP contribution is -2.15. The number of nitrogens with one attached hydrogen (secondary N) is 1. The van der Waals surface area contributed by atoms with Crippen molar-refractivity contribution in [2.45, 2.75) is 58.0 Å². The smallest absolute Gasteiger partial charge is 0.246 e. The third-order valence-corrected chi connectivity index (χ3v) is 4.23. The van der Waals surface area contributed by atoms with Gasteiger partial charge in [-0.15, -0.1) is 0 Å². The summed E-state index contributed by atoms with van der Waals surface area (Å²) >= 11 is 0. The maximum Gasteiger partial charge on any atom is 0.246 e. The van der Waals surface area contributed by atoms with Crippen LogP contribution >= 0.6 is 0 Å². The van der Waals surface area contributed by atoms with Crippen molar-refractivity contribution in [1.29, 1.82) is 0 Å². The first-order chi connectivity index (χ1) is 10.2. The predicted molar refractivity (Wildman–Crippen MR) is 81.3 cm³/mol. The summed E-state index contributed by atoms with van der Waals surface area (Å²) in [6.07, 6.45) is 9.42. The number of hydrogen-bond donors (Lipinski definition) is 1. The highest BCUT2D eigenvalue weighted by atomic mass is 16.5. The molecule has 3 rings (SSSR count). The second-order valence-electron chi connectivity index (χ2n) is 6.20. The monoisotopic (exact) mass is 288 g/mol. The van der Waals surface area contributed by atoms with Crippen LogP contribution in [0.4, 0.5) is 0 Å². The van der Waals surface area contributed by atoms with Gasteiger partial charge in [0.1, 0.15) is 6.54 Å². The summed E-state index contributed by atoms with van der Waals surface area (Å²) in [5.74, 6) is 1.77. The molecule has 0 amide bonds. The van der Waals surface area contributed by atoms with Crippen molar-refractivity contribution < 1.29 is 4.52 Å². The maximum absolute atomic E-state index is 5.34. The molecule has 5 nitrogen and oxygen atoms in total. The molecule has 1 aliphatic rings. The van der Waals surface area contributed by atoms with Gasteiger partial charge in [-0.1, -0.05) is 25.4 Å². The Hall–Kier alpha value is -1.62. The maximum atomic E-state index is 5.34. The standard InChI is InChI=1S/C16H24N4O/c1-11(2)16-18-15(21-19-16)10-20-8-12-6-4-5-7-14(17-3)13(12)9-20/h8-9,11,14,17H,4-7,10H2,1-3H3. The van der Waals surface area contributed by atoms with Crippen LogP contribution < -0.4 is 5.32 Å². The molecule has 0 spiro atoms. The van der Waals surface area contributed by atoms with Crippen molar-refractivity contribution in [1.82, 2.24) is 20.0 Å². The minimum absolute atomic E-state index is 0.303. The highest BCUT2D eigenvalue weighted by Gasteiger charge is 2.20. The quantitative estimate of drug-likeness (QED) is 0.879. The van der Waals surface area contributed by atoms with Crippen LogP contribution in [-0.4, -0.2) is 21.8 Å². The Balaban J connectivity index is 1.80. The molecule has 0 fully saturated rings. The molecule has 114 valence electrons. The molecule has 2 heterocycles. The Morgan fingerprint density at radius 2 is 2.24 bits per heavy atom. The van der Waals surface area contributed by atoms with E-state index in [0.717, 1.165) is 5.82 Å². The Labute approximate surface area is 125 Å². The van der Waals surface area contributed by atoms with Gasteiger partial charge in [-0.25, -0.2) is 0 Å². The van der Waals surface area contributed by atoms with Crippen molar-refractivity contribution in [3.8, 4) is 0 Å². The van der Waals surface area contributed by atoms with Crippen LogP contribution in [0, 0.1) is 0 Å². The van der Waals surface area contributed by atoms with Crippen molar-refractivity contribution >= 4 is 0 Å². The topological polar surface area (TPSA) is 55.9 Å². The summed E-state index contributed by atoms with van der Waals surface area (Å²) < 4.78 is 7.52. The number of aryl methyl sites for hydroxylation is 1. The zero-order valence-electron chi connectivity index (χ0n) is 13.1. The van der Waals surface area contributed by atoms with Gasteiger partial charge in [0.2, 0.25) is 5.89 Å². The van der Waals surface area contributed by atoms with Gasteiger partial charge in [-0.2, -0.15) is 4.98 Å². The van der Waals surface area contributed by atoms with Gasteiger partial charge >= 0.3 is 0 Å². The van der Waals surface area contributed by atoms with Crippen LogP contribution in [0.25, 0.3) is 0 Å². The molecule has 0 bridgehead atoms. The molecule has 2 aromatic rings. The Morgan fingerprint density at radius 1 is 1.38 bits per heavy atom. The normalized spacial score (nSPS) is 18.8. The number of fused-ring (bicyclic) bond motifs is 1. The Bertz CT molecular complexity index is 599.